The molecule has 0 N–H and O–H groups in total. The van der Waals surface area contributed by atoms with Gasteiger partial charge in [0.25, 0.3) is 0 Å². The van der Waals surface area contributed by atoms with Crippen LogP contribution in [0.4, 0.5) is 0 Å². The van der Waals surface area contributed by atoms with E-state index < -0.39 is 0 Å². The summed E-state index contributed by atoms with van der Waals surface area (Å²) in [5.41, 5.74) is 0. The van der Waals surface area contributed by atoms with E-state index in [1.54, 1.807) is 0 Å². The van der Waals surface area contributed by atoms with Gasteiger partial charge in [0.2, 0.25) is 0 Å². The Kier molecular flexibility index (Phi) is 2.84. The van der Waals surface area contributed by atoms with E-state index in [2.05, 4.69) is 22.0 Å². The highest BCUT2D eigenvalue weighted by Gasteiger charge is 1.96. The number of para-hydroxylation sites is 1. The molecule has 0 saturated carbocycles. The van der Waals surface area contributed by atoms with Crippen molar-refractivity contribution in [2.75, 3.05) is 0 Å². The molecule has 0 fully saturated rings. The maximum atomic E-state index is 5.57. The van der Waals surface area contributed by atoms with Crippen LogP contribution in [-0.4, -0.2) is 0 Å². The third kappa shape index (κ3) is 2.36. The van der Waals surface area contributed by atoms with E-state index in [0.717, 1.165) is 16.0 Å². The van der Waals surface area contributed by atoms with E-state index in [9.17, 15) is 0 Å². The molecule has 0 heterocycles. The molecule has 0 unspecified atom stereocenters. The summed E-state index contributed by atoms with van der Waals surface area (Å²) in [6.07, 6.45) is 0. The molecule has 0 saturated heterocycles. The summed E-state index contributed by atoms with van der Waals surface area (Å²) in [5, 5.41) is 0. The molecule has 2 heteroatoms. The first-order valence-corrected chi connectivity index (χ1v) is 5.04. The summed E-state index contributed by atoms with van der Waals surface area (Å²) in [7, 11) is 0. The lowest BCUT2D eigenvalue weighted by Crippen LogP contribution is -1.82. The Balaban J connectivity index is 2.19. The molecule has 0 spiro atoms. The van der Waals surface area contributed by atoms with Gasteiger partial charge in [0.15, 0.2) is 0 Å². The zero-order valence-corrected chi connectivity index (χ0v) is 8.99. The first-order chi connectivity index (χ1) is 6.84. The number of benzene rings is 2. The normalized spacial score (nSPS) is 9.79. The standard InChI is InChI=1S/C12H8BrO/c13-10-5-4-8-12(9-10)14-11-6-2-1-3-7-11/h1-6,8-9H. The van der Waals surface area contributed by atoms with Gasteiger partial charge in [-0.05, 0) is 24.3 Å². The van der Waals surface area contributed by atoms with Gasteiger partial charge >= 0.3 is 0 Å². The van der Waals surface area contributed by atoms with E-state index in [4.69, 9.17) is 4.74 Å². The van der Waals surface area contributed by atoms with Crippen LogP contribution >= 0.6 is 15.9 Å². The van der Waals surface area contributed by atoms with Crippen molar-refractivity contribution in [1.82, 2.24) is 0 Å². The van der Waals surface area contributed by atoms with Crippen molar-refractivity contribution in [1.29, 1.82) is 0 Å². The summed E-state index contributed by atoms with van der Waals surface area (Å²) in [4.78, 5) is 0. The van der Waals surface area contributed by atoms with E-state index in [0.29, 0.717) is 0 Å². The van der Waals surface area contributed by atoms with Crippen molar-refractivity contribution >= 4 is 15.9 Å². The van der Waals surface area contributed by atoms with Crippen LogP contribution < -0.4 is 4.74 Å². The predicted octanol–water partition coefficient (Wildman–Crippen LogP) is 4.04. The van der Waals surface area contributed by atoms with Crippen LogP contribution in [0.25, 0.3) is 0 Å². The van der Waals surface area contributed by atoms with Crippen LogP contribution in [0, 0.1) is 6.07 Å². The second kappa shape index (κ2) is 4.29. The van der Waals surface area contributed by atoms with E-state index in [1.807, 2.05) is 48.5 Å². The lowest BCUT2D eigenvalue weighted by Gasteiger charge is -2.04. The van der Waals surface area contributed by atoms with Gasteiger partial charge in [0.1, 0.15) is 11.5 Å². The molecule has 0 aliphatic heterocycles. The number of hydrogen-bond donors (Lipinski definition) is 0. The monoisotopic (exact) mass is 247 g/mol. The Morgan fingerprint density at radius 2 is 2.00 bits per heavy atom. The van der Waals surface area contributed by atoms with Gasteiger partial charge in [0.05, 0.1) is 0 Å². The Morgan fingerprint density at radius 1 is 1.07 bits per heavy atom. The van der Waals surface area contributed by atoms with Gasteiger partial charge in [-0.25, -0.2) is 0 Å². The summed E-state index contributed by atoms with van der Waals surface area (Å²) < 4.78 is 6.58. The smallest absolute Gasteiger partial charge is 0.135 e. The molecular formula is C12H8BrO. The summed E-state index contributed by atoms with van der Waals surface area (Å²) in [5.74, 6) is 1.53. The molecule has 2 aromatic rings. The highest BCUT2D eigenvalue weighted by molar-refractivity contribution is 9.10. The molecule has 69 valence electrons. The SMILES string of the molecule is Brc1cccc(Oc2[c]cccc2)c1. The Bertz CT molecular complexity index is 412. The summed E-state index contributed by atoms with van der Waals surface area (Å²) in [6.45, 7) is 0. The van der Waals surface area contributed by atoms with Crippen molar-refractivity contribution in [3.63, 3.8) is 0 Å². The molecular weight excluding hydrogens is 240 g/mol. The summed E-state index contributed by atoms with van der Waals surface area (Å²) >= 11 is 3.39. The molecule has 1 nitrogen and oxygen atoms in total. The Labute approximate surface area is 91.5 Å². The third-order valence-electron chi connectivity index (χ3n) is 1.70. The van der Waals surface area contributed by atoms with Crippen LogP contribution in [-0.2, 0) is 0 Å². The molecule has 2 rings (SSSR count). The van der Waals surface area contributed by atoms with Crippen LogP contribution in [0.1, 0.15) is 0 Å². The van der Waals surface area contributed by atoms with Crippen molar-refractivity contribution in [3.05, 3.63) is 59.1 Å². The average Bonchev–Trinajstić information content (AvgIpc) is 2.19. The first-order valence-electron chi connectivity index (χ1n) is 4.25. The maximum Gasteiger partial charge on any atom is 0.135 e. The Morgan fingerprint density at radius 3 is 2.71 bits per heavy atom. The maximum absolute atomic E-state index is 5.57. The van der Waals surface area contributed by atoms with Crippen LogP contribution in [0.2, 0.25) is 0 Å². The zero-order chi connectivity index (χ0) is 9.80. The third-order valence-corrected chi connectivity index (χ3v) is 2.20. The fourth-order valence-corrected chi connectivity index (χ4v) is 1.48. The van der Waals surface area contributed by atoms with E-state index >= 15 is 0 Å². The Hall–Kier alpha value is -1.28. The highest BCUT2D eigenvalue weighted by atomic mass is 79.9. The second-order valence-electron chi connectivity index (χ2n) is 2.79. The lowest BCUT2D eigenvalue weighted by molar-refractivity contribution is 0.481. The number of halogens is 1. The van der Waals surface area contributed by atoms with E-state index in [1.165, 1.54) is 0 Å². The van der Waals surface area contributed by atoms with Gasteiger partial charge < -0.3 is 4.74 Å². The van der Waals surface area contributed by atoms with Gasteiger partial charge in [0, 0.05) is 10.5 Å². The van der Waals surface area contributed by atoms with Crippen molar-refractivity contribution in [2.24, 2.45) is 0 Å². The van der Waals surface area contributed by atoms with E-state index in [-0.39, 0.29) is 0 Å². The van der Waals surface area contributed by atoms with Crippen LogP contribution in [0.5, 0.6) is 11.5 Å². The van der Waals surface area contributed by atoms with Gasteiger partial charge in [-0.15, -0.1) is 0 Å². The quantitative estimate of drug-likeness (QED) is 0.779. The average molecular weight is 248 g/mol. The molecule has 0 aromatic heterocycles. The van der Waals surface area contributed by atoms with Crippen LogP contribution in [0.3, 0.4) is 0 Å². The molecule has 14 heavy (non-hydrogen) atoms. The predicted molar refractivity (Wildman–Crippen MR) is 59.5 cm³/mol. The van der Waals surface area contributed by atoms with Crippen molar-refractivity contribution < 1.29 is 4.74 Å². The molecule has 0 bridgehead atoms. The molecule has 0 atom stereocenters. The number of ether oxygens (including phenoxy) is 1. The fraction of sp³-hybridized carbons (Fsp3) is 0. The minimum Gasteiger partial charge on any atom is -0.457 e. The minimum atomic E-state index is 0.727. The minimum absolute atomic E-state index is 0.727. The molecule has 2 aromatic carbocycles. The summed E-state index contributed by atoms with van der Waals surface area (Å²) in [6, 6.07) is 18.3. The van der Waals surface area contributed by atoms with Crippen molar-refractivity contribution in [2.45, 2.75) is 0 Å². The largest absolute Gasteiger partial charge is 0.457 e. The van der Waals surface area contributed by atoms with Gasteiger partial charge in [-0.2, -0.15) is 0 Å². The van der Waals surface area contributed by atoms with Gasteiger partial charge in [-0.1, -0.05) is 40.2 Å². The van der Waals surface area contributed by atoms with Crippen LogP contribution in [0.15, 0.2) is 53.0 Å². The molecule has 0 amide bonds. The van der Waals surface area contributed by atoms with Gasteiger partial charge in [-0.3, -0.25) is 0 Å². The number of hydrogen-bond acceptors (Lipinski definition) is 1. The molecule has 0 aliphatic rings. The molecule has 1 radical (unpaired) electrons. The zero-order valence-electron chi connectivity index (χ0n) is 7.41. The number of rotatable bonds is 2. The fourth-order valence-electron chi connectivity index (χ4n) is 1.10. The highest BCUT2D eigenvalue weighted by Crippen LogP contribution is 2.23. The molecule has 0 aliphatic carbocycles. The van der Waals surface area contributed by atoms with Crippen molar-refractivity contribution in [3.8, 4) is 11.5 Å². The lowest BCUT2D eigenvalue weighted by atomic mass is 10.3. The second-order valence-corrected chi connectivity index (χ2v) is 3.70. The topological polar surface area (TPSA) is 9.23 Å². The first kappa shape index (κ1) is 9.28.